The minimum Gasteiger partial charge on any atom is -0.496 e. The fourth-order valence-electron chi connectivity index (χ4n) is 1.42. The van der Waals surface area contributed by atoms with Crippen molar-refractivity contribution in [2.75, 3.05) is 7.11 Å². The Hall–Kier alpha value is -1.22. The summed E-state index contributed by atoms with van der Waals surface area (Å²) in [5.74, 6) is -0.115. The molecule has 0 radical (unpaired) electrons. The number of hydrogen-bond acceptors (Lipinski definition) is 2. The molecular weight excluding hydrogens is 216 g/mol. The lowest BCUT2D eigenvalue weighted by molar-refractivity contribution is -0.136. The molecule has 1 N–H and O–H groups in total. The summed E-state index contributed by atoms with van der Waals surface area (Å²) >= 11 is 5.89. The van der Waals surface area contributed by atoms with Crippen LogP contribution in [0.1, 0.15) is 17.5 Å². The van der Waals surface area contributed by atoms with E-state index in [9.17, 15) is 4.79 Å². The van der Waals surface area contributed by atoms with Crippen molar-refractivity contribution in [1.82, 2.24) is 0 Å². The average molecular weight is 229 g/mol. The van der Waals surface area contributed by atoms with Crippen molar-refractivity contribution in [3.63, 3.8) is 0 Å². The van der Waals surface area contributed by atoms with Gasteiger partial charge in [-0.2, -0.15) is 0 Å². The highest BCUT2D eigenvalue weighted by Gasteiger charge is 2.08. The molecule has 1 aromatic carbocycles. The van der Waals surface area contributed by atoms with Gasteiger partial charge in [-0.3, -0.25) is 4.79 Å². The lowest BCUT2D eigenvalue weighted by Crippen LogP contribution is -2.00. The molecule has 0 heterocycles. The lowest BCUT2D eigenvalue weighted by atomic mass is 10.0. The second-order valence-electron chi connectivity index (χ2n) is 3.29. The zero-order valence-electron chi connectivity index (χ0n) is 8.71. The van der Waals surface area contributed by atoms with Gasteiger partial charge in [0.25, 0.3) is 0 Å². The van der Waals surface area contributed by atoms with Gasteiger partial charge < -0.3 is 9.84 Å². The SMILES string of the molecule is COc1cc(Cl)cc(CCC(=O)O)c1C. The molecule has 0 saturated carbocycles. The molecule has 15 heavy (non-hydrogen) atoms. The van der Waals surface area contributed by atoms with Crippen molar-refractivity contribution in [3.05, 3.63) is 28.3 Å². The first-order valence-electron chi connectivity index (χ1n) is 4.59. The van der Waals surface area contributed by atoms with Gasteiger partial charge in [0.2, 0.25) is 0 Å². The van der Waals surface area contributed by atoms with Crippen LogP contribution in [0.4, 0.5) is 0 Å². The number of ether oxygens (including phenoxy) is 1. The molecule has 0 atom stereocenters. The quantitative estimate of drug-likeness (QED) is 0.862. The first kappa shape index (κ1) is 11.9. The van der Waals surface area contributed by atoms with Gasteiger partial charge in [-0.25, -0.2) is 0 Å². The Kier molecular flexibility index (Phi) is 3.97. The predicted molar refractivity (Wildman–Crippen MR) is 58.7 cm³/mol. The van der Waals surface area contributed by atoms with E-state index in [1.54, 1.807) is 19.2 Å². The second kappa shape index (κ2) is 5.03. The summed E-state index contributed by atoms with van der Waals surface area (Å²) in [5.41, 5.74) is 1.87. The van der Waals surface area contributed by atoms with Crippen LogP contribution in [0.3, 0.4) is 0 Å². The van der Waals surface area contributed by atoms with Crippen LogP contribution in [0.2, 0.25) is 5.02 Å². The van der Waals surface area contributed by atoms with E-state index in [0.29, 0.717) is 17.2 Å². The van der Waals surface area contributed by atoms with Crippen molar-refractivity contribution in [1.29, 1.82) is 0 Å². The lowest BCUT2D eigenvalue weighted by Gasteiger charge is -2.10. The van der Waals surface area contributed by atoms with E-state index in [1.165, 1.54) is 0 Å². The van der Waals surface area contributed by atoms with Crippen molar-refractivity contribution < 1.29 is 14.6 Å². The van der Waals surface area contributed by atoms with Crippen LogP contribution in [0, 0.1) is 6.92 Å². The smallest absolute Gasteiger partial charge is 0.303 e. The van der Waals surface area contributed by atoms with Gasteiger partial charge in [0, 0.05) is 11.4 Å². The van der Waals surface area contributed by atoms with Crippen LogP contribution in [-0.4, -0.2) is 18.2 Å². The number of aliphatic carboxylic acids is 1. The van der Waals surface area contributed by atoms with Crippen molar-refractivity contribution >= 4 is 17.6 Å². The standard InChI is InChI=1S/C11H13ClO3/c1-7-8(3-4-11(13)14)5-9(12)6-10(7)15-2/h5-6H,3-4H2,1-2H3,(H,13,14). The molecule has 0 spiro atoms. The number of rotatable bonds is 4. The molecule has 0 unspecified atom stereocenters. The molecule has 0 aliphatic heterocycles. The highest BCUT2D eigenvalue weighted by atomic mass is 35.5. The van der Waals surface area contributed by atoms with E-state index in [1.807, 2.05) is 6.92 Å². The summed E-state index contributed by atoms with van der Waals surface area (Å²) in [7, 11) is 1.57. The number of carboxylic acid groups (broad SMARTS) is 1. The first-order valence-corrected chi connectivity index (χ1v) is 4.97. The van der Waals surface area contributed by atoms with Crippen LogP contribution in [0.15, 0.2) is 12.1 Å². The third-order valence-corrected chi connectivity index (χ3v) is 2.48. The Morgan fingerprint density at radius 2 is 2.20 bits per heavy atom. The van der Waals surface area contributed by atoms with Gasteiger partial charge in [-0.1, -0.05) is 11.6 Å². The largest absolute Gasteiger partial charge is 0.496 e. The summed E-state index contributed by atoms with van der Waals surface area (Å²) in [5, 5.41) is 9.16. The number of hydrogen-bond donors (Lipinski definition) is 1. The van der Waals surface area contributed by atoms with Crippen LogP contribution in [0.5, 0.6) is 5.75 Å². The molecule has 4 heteroatoms. The number of carboxylic acids is 1. The van der Waals surface area contributed by atoms with E-state index < -0.39 is 5.97 Å². The fraction of sp³-hybridized carbons (Fsp3) is 0.364. The normalized spacial score (nSPS) is 10.1. The molecule has 0 amide bonds. The topological polar surface area (TPSA) is 46.5 Å². The van der Waals surface area contributed by atoms with Gasteiger partial charge in [-0.05, 0) is 36.6 Å². The van der Waals surface area contributed by atoms with Crippen LogP contribution < -0.4 is 4.74 Å². The average Bonchev–Trinajstić information content (AvgIpc) is 2.18. The maximum atomic E-state index is 10.5. The minimum absolute atomic E-state index is 0.102. The Balaban J connectivity index is 2.95. The summed E-state index contributed by atoms with van der Waals surface area (Å²) < 4.78 is 5.14. The molecule has 0 aliphatic carbocycles. The minimum atomic E-state index is -0.812. The zero-order valence-corrected chi connectivity index (χ0v) is 9.47. The summed E-state index contributed by atoms with van der Waals surface area (Å²) in [4.78, 5) is 10.5. The Morgan fingerprint density at radius 1 is 1.53 bits per heavy atom. The second-order valence-corrected chi connectivity index (χ2v) is 3.72. The van der Waals surface area contributed by atoms with Crippen molar-refractivity contribution in [3.8, 4) is 5.75 Å². The molecule has 3 nitrogen and oxygen atoms in total. The number of halogens is 1. The molecule has 0 aliphatic rings. The van der Waals surface area contributed by atoms with E-state index in [-0.39, 0.29) is 6.42 Å². The van der Waals surface area contributed by atoms with Gasteiger partial charge in [0.05, 0.1) is 7.11 Å². The molecule has 0 saturated heterocycles. The summed E-state index contributed by atoms with van der Waals surface area (Å²) in [6, 6.07) is 3.50. The van der Waals surface area contributed by atoms with Gasteiger partial charge in [-0.15, -0.1) is 0 Å². The molecule has 0 bridgehead atoms. The summed E-state index contributed by atoms with van der Waals surface area (Å²) in [6.45, 7) is 1.90. The van der Waals surface area contributed by atoms with Crippen molar-refractivity contribution in [2.24, 2.45) is 0 Å². The van der Waals surface area contributed by atoms with E-state index >= 15 is 0 Å². The Morgan fingerprint density at radius 3 is 2.73 bits per heavy atom. The van der Waals surface area contributed by atoms with Gasteiger partial charge in [0.1, 0.15) is 5.75 Å². The number of benzene rings is 1. The third kappa shape index (κ3) is 3.13. The monoisotopic (exact) mass is 228 g/mol. The van der Waals surface area contributed by atoms with Gasteiger partial charge >= 0.3 is 5.97 Å². The molecule has 0 aromatic heterocycles. The number of aryl methyl sites for hydroxylation is 1. The maximum Gasteiger partial charge on any atom is 0.303 e. The molecule has 82 valence electrons. The van der Waals surface area contributed by atoms with E-state index in [4.69, 9.17) is 21.4 Å². The maximum absolute atomic E-state index is 10.5. The Bertz CT molecular complexity index is 374. The predicted octanol–water partition coefficient (Wildman–Crippen LogP) is 2.67. The summed E-state index contributed by atoms with van der Waals surface area (Å²) in [6.07, 6.45) is 0.572. The van der Waals surface area contributed by atoms with Crippen molar-refractivity contribution in [2.45, 2.75) is 19.8 Å². The first-order chi connectivity index (χ1) is 7.04. The van der Waals surface area contributed by atoms with Gasteiger partial charge in [0.15, 0.2) is 0 Å². The molecule has 1 aromatic rings. The number of methoxy groups -OCH3 is 1. The highest BCUT2D eigenvalue weighted by molar-refractivity contribution is 6.30. The number of carbonyl (C=O) groups is 1. The van der Waals surface area contributed by atoms with E-state index in [0.717, 1.165) is 11.1 Å². The molecule has 1 rings (SSSR count). The highest BCUT2D eigenvalue weighted by Crippen LogP contribution is 2.27. The Labute approximate surface area is 93.6 Å². The van der Waals surface area contributed by atoms with Crippen LogP contribution in [-0.2, 0) is 11.2 Å². The molecular formula is C11H13ClO3. The van der Waals surface area contributed by atoms with Crippen LogP contribution >= 0.6 is 11.6 Å². The zero-order chi connectivity index (χ0) is 11.4. The third-order valence-electron chi connectivity index (χ3n) is 2.26. The molecule has 0 fully saturated rings. The van der Waals surface area contributed by atoms with Crippen LogP contribution in [0.25, 0.3) is 0 Å². The van der Waals surface area contributed by atoms with E-state index in [2.05, 4.69) is 0 Å². The fourth-order valence-corrected chi connectivity index (χ4v) is 1.65.